The molecule has 0 aromatic heterocycles. The average molecular weight is 252 g/mol. The monoisotopic (exact) mass is 252 g/mol. The number of esters is 1. The summed E-state index contributed by atoms with van der Waals surface area (Å²) in [6.07, 6.45) is 7.88. The number of ether oxygens (including phenoxy) is 1. The fraction of sp³-hybridized carbons (Fsp3) is 0.938. The van der Waals surface area contributed by atoms with E-state index < -0.39 is 0 Å². The van der Waals surface area contributed by atoms with Crippen LogP contribution in [0.15, 0.2) is 0 Å². The molecule has 2 heteroatoms. The van der Waals surface area contributed by atoms with Gasteiger partial charge in [-0.15, -0.1) is 0 Å². The highest BCUT2D eigenvalue weighted by atomic mass is 16.5. The molecular formula is C16H28O2. The molecule has 2 bridgehead atoms. The number of carbonyl (C=O) groups is 1. The van der Waals surface area contributed by atoms with Crippen LogP contribution in [-0.2, 0) is 9.53 Å². The Morgan fingerprint density at radius 2 is 1.89 bits per heavy atom. The SMILES string of the molecule is CCCCCCC(=O)OC1CC2CC1C(C)C2C. The van der Waals surface area contributed by atoms with E-state index in [1.54, 1.807) is 0 Å². The van der Waals surface area contributed by atoms with Gasteiger partial charge >= 0.3 is 5.97 Å². The Morgan fingerprint density at radius 1 is 1.11 bits per heavy atom. The summed E-state index contributed by atoms with van der Waals surface area (Å²) in [6, 6.07) is 0. The zero-order chi connectivity index (χ0) is 13.1. The first-order valence-corrected chi connectivity index (χ1v) is 7.83. The van der Waals surface area contributed by atoms with Crippen LogP contribution in [0.25, 0.3) is 0 Å². The summed E-state index contributed by atoms with van der Waals surface area (Å²) in [4.78, 5) is 11.8. The Balaban J connectivity index is 1.70. The number of hydrogen-bond acceptors (Lipinski definition) is 2. The molecule has 2 rings (SSSR count). The third-order valence-corrected chi connectivity index (χ3v) is 5.35. The van der Waals surface area contributed by atoms with Crippen molar-refractivity contribution in [3.63, 3.8) is 0 Å². The van der Waals surface area contributed by atoms with Crippen LogP contribution in [0.5, 0.6) is 0 Å². The molecule has 0 aliphatic heterocycles. The van der Waals surface area contributed by atoms with Crippen molar-refractivity contribution in [3.05, 3.63) is 0 Å². The Labute approximate surface area is 111 Å². The molecule has 0 spiro atoms. The van der Waals surface area contributed by atoms with Crippen molar-refractivity contribution in [2.75, 3.05) is 0 Å². The fourth-order valence-electron chi connectivity index (χ4n) is 3.93. The van der Waals surface area contributed by atoms with Crippen molar-refractivity contribution in [2.24, 2.45) is 23.7 Å². The maximum absolute atomic E-state index is 11.8. The predicted octanol–water partition coefficient (Wildman–Crippen LogP) is 4.18. The minimum Gasteiger partial charge on any atom is -0.462 e. The molecule has 0 amide bonds. The van der Waals surface area contributed by atoms with Gasteiger partial charge in [0.1, 0.15) is 6.10 Å². The van der Waals surface area contributed by atoms with Gasteiger partial charge in [-0.2, -0.15) is 0 Å². The number of carbonyl (C=O) groups excluding carboxylic acids is 1. The van der Waals surface area contributed by atoms with Gasteiger partial charge in [-0.25, -0.2) is 0 Å². The second-order valence-electron chi connectivity index (χ2n) is 6.45. The summed E-state index contributed by atoms with van der Waals surface area (Å²) >= 11 is 0. The van der Waals surface area contributed by atoms with E-state index in [1.807, 2.05) is 0 Å². The molecular weight excluding hydrogens is 224 g/mol. The van der Waals surface area contributed by atoms with Crippen LogP contribution in [0, 0.1) is 23.7 Å². The Bertz CT molecular complexity index is 285. The number of fused-ring (bicyclic) bond motifs is 2. The molecule has 0 heterocycles. The van der Waals surface area contributed by atoms with E-state index in [-0.39, 0.29) is 12.1 Å². The first-order valence-electron chi connectivity index (χ1n) is 7.83. The van der Waals surface area contributed by atoms with E-state index in [0.29, 0.717) is 12.3 Å². The summed E-state index contributed by atoms with van der Waals surface area (Å²) in [5.74, 6) is 3.06. The fourth-order valence-corrected chi connectivity index (χ4v) is 3.93. The lowest BCUT2D eigenvalue weighted by Gasteiger charge is -2.31. The van der Waals surface area contributed by atoms with Gasteiger partial charge in [-0.05, 0) is 42.9 Å². The van der Waals surface area contributed by atoms with Crippen LogP contribution in [0.3, 0.4) is 0 Å². The number of rotatable bonds is 6. The Morgan fingerprint density at radius 3 is 2.50 bits per heavy atom. The topological polar surface area (TPSA) is 26.3 Å². The molecule has 2 fully saturated rings. The highest BCUT2D eigenvalue weighted by Gasteiger charge is 2.50. The first-order chi connectivity index (χ1) is 8.63. The van der Waals surface area contributed by atoms with Gasteiger partial charge in [0.25, 0.3) is 0 Å². The minimum absolute atomic E-state index is 0.0449. The van der Waals surface area contributed by atoms with Crippen molar-refractivity contribution >= 4 is 5.97 Å². The third kappa shape index (κ3) is 2.89. The van der Waals surface area contributed by atoms with E-state index in [9.17, 15) is 4.79 Å². The highest BCUT2D eigenvalue weighted by Crippen LogP contribution is 2.52. The smallest absolute Gasteiger partial charge is 0.306 e. The van der Waals surface area contributed by atoms with Crippen molar-refractivity contribution in [3.8, 4) is 0 Å². The molecule has 2 aliphatic carbocycles. The molecule has 0 N–H and O–H groups in total. The van der Waals surface area contributed by atoms with E-state index in [0.717, 1.165) is 37.0 Å². The molecule has 2 aliphatic rings. The molecule has 0 aromatic rings. The molecule has 0 aromatic carbocycles. The lowest BCUT2D eigenvalue weighted by atomic mass is 9.80. The second kappa shape index (κ2) is 6.08. The predicted molar refractivity (Wildman–Crippen MR) is 73.2 cm³/mol. The van der Waals surface area contributed by atoms with Crippen LogP contribution < -0.4 is 0 Å². The Kier molecular flexibility index (Phi) is 4.69. The molecule has 0 radical (unpaired) electrons. The summed E-state index contributed by atoms with van der Waals surface area (Å²) in [5, 5.41) is 0. The molecule has 104 valence electrons. The van der Waals surface area contributed by atoms with Gasteiger partial charge in [0.15, 0.2) is 0 Å². The van der Waals surface area contributed by atoms with Crippen molar-refractivity contribution in [1.82, 2.24) is 0 Å². The van der Waals surface area contributed by atoms with Crippen LogP contribution in [0.1, 0.15) is 65.7 Å². The summed E-state index contributed by atoms with van der Waals surface area (Å²) < 4.78 is 5.71. The number of hydrogen-bond donors (Lipinski definition) is 0. The van der Waals surface area contributed by atoms with Gasteiger partial charge in [-0.3, -0.25) is 4.79 Å². The van der Waals surface area contributed by atoms with Crippen molar-refractivity contribution < 1.29 is 9.53 Å². The molecule has 18 heavy (non-hydrogen) atoms. The number of unbranched alkanes of at least 4 members (excludes halogenated alkanes) is 3. The zero-order valence-corrected chi connectivity index (χ0v) is 12.2. The van der Waals surface area contributed by atoms with Crippen molar-refractivity contribution in [1.29, 1.82) is 0 Å². The van der Waals surface area contributed by atoms with E-state index in [2.05, 4.69) is 20.8 Å². The second-order valence-corrected chi connectivity index (χ2v) is 6.45. The minimum atomic E-state index is 0.0449. The maximum Gasteiger partial charge on any atom is 0.306 e. The van der Waals surface area contributed by atoms with Crippen LogP contribution >= 0.6 is 0 Å². The van der Waals surface area contributed by atoms with E-state index >= 15 is 0 Å². The standard InChI is InChI=1S/C16H28O2/c1-4-5-6-7-8-16(17)18-15-10-13-9-14(15)12(3)11(13)2/h11-15H,4-10H2,1-3H3. The normalized spacial score (nSPS) is 38.1. The van der Waals surface area contributed by atoms with E-state index in [4.69, 9.17) is 4.74 Å². The molecule has 2 saturated carbocycles. The van der Waals surface area contributed by atoms with Gasteiger partial charge < -0.3 is 4.74 Å². The Hall–Kier alpha value is -0.530. The van der Waals surface area contributed by atoms with Crippen LogP contribution in [0.4, 0.5) is 0 Å². The van der Waals surface area contributed by atoms with E-state index in [1.165, 1.54) is 19.3 Å². The van der Waals surface area contributed by atoms with Crippen LogP contribution in [-0.4, -0.2) is 12.1 Å². The zero-order valence-electron chi connectivity index (χ0n) is 12.2. The molecule has 2 nitrogen and oxygen atoms in total. The largest absolute Gasteiger partial charge is 0.462 e. The van der Waals surface area contributed by atoms with Gasteiger partial charge in [0.05, 0.1) is 0 Å². The lowest BCUT2D eigenvalue weighted by Crippen LogP contribution is -2.32. The molecule has 5 atom stereocenters. The van der Waals surface area contributed by atoms with Gasteiger partial charge in [0, 0.05) is 6.42 Å². The summed E-state index contributed by atoms with van der Waals surface area (Å²) in [7, 11) is 0. The molecule has 0 saturated heterocycles. The quantitative estimate of drug-likeness (QED) is 0.523. The molecule has 5 unspecified atom stereocenters. The van der Waals surface area contributed by atoms with Gasteiger partial charge in [-0.1, -0.05) is 40.0 Å². The van der Waals surface area contributed by atoms with Gasteiger partial charge in [0.2, 0.25) is 0 Å². The average Bonchev–Trinajstić information content (AvgIpc) is 2.86. The van der Waals surface area contributed by atoms with Crippen LogP contribution in [0.2, 0.25) is 0 Å². The first kappa shape index (κ1) is 13.9. The highest BCUT2D eigenvalue weighted by molar-refractivity contribution is 5.69. The third-order valence-electron chi connectivity index (χ3n) is 5.35. The van der Waals surface area contributed by atoms with Crippen molar-refractivity contribution in [2.45, 2.75) is 71.8 Å². The lowest BCUT2D eigenvalue weighted by molar-refractivity contribution is -0.153. The summed E-state index contributed by atoms with van der Waals surface area (Å²) in [5.41, 5.74) is 0. The maximum atomic E-state index is 11.8. The summed E-state index contributed by atoms with van der Waals surface area (Å²) in [6.45, 7) is 6.88.